The lowest BCUT2D eigenvalue weighted by atomic mass is 9.82. The predicted molar refractivity (Wildman–Crippen MR) is 163 cm³/mol. The maximum atomic E-state index is 14.3. The molecule has 1 spiro atoms. The molecule has 0 aliphatic carbocycles. The van der Waals surface area contributed by atoms with Crippen LogP contribution in [0.3, 0.4) is 0 Å². The van der Waals surface area contributed by atoms with E-state index in [0.717, 1.165) is 12.8 Å². The highest BCUT2D eigenvalue weighted by Crippen LogP contribution is 2.60. The van der Waals surface area contributed by atoms with Crippen molar-refractivity contribution in [2.24, 2.45) is 5.92 Å². The van der Waals surface area contributed by atoms with E-state index in [1.54, 1.807) is 58.3 Å². The Balaban J connectivity index is 1.53. The summed E-state index contributed by atoms with van der Waals surface area (Å²) in [6, 6.07) is 11.6. The average Bonchev–Trinajstić information content (AvgIpc) is 3.60. The summed E-state index contributed by atoms with van der Waals surface area (Å²) in [5, 5.41) is 12.7. The number of ether oxygens (including phenoxy) is 1. The number of likely N-dealkylation sites (tertiary alicyclic amines) is 1. The molecule has 10 nitrogen and oxygen atoms in total. The van der Waals surface area contributed by atoms with E-state index in [1.165, 1.54) is 0 Å². The number of aliphatic hydroxyl groups excluding tert-OH is 1. The Labute approximate surface area is 247 Å². The van der Waals surface area contributed by atoms with Crippen LogP contribution < -0.4 is 16.0 Å². The minimum absolute atomic E-state index is 0.00187. The van der Waals surface area contributed by atoms with Crippen LogP contribution in [0.5, 0.6) is 0 Å². The molecule has 2 aromatic carbocycles. The highest BCUT2D eigenvalue weighted by Gasteiger charge is 2.66. The normalized spacial score (nSPS) is 27.0. The average molecular weight is 593 g/mol. The van der Waals surface area contributed by atoms with Gasteiger partial charge in [0.2, 0.25) is 5.91 Å². The smallest absolute Gasteiger partial charge is 0.264 e. The number of nitrogens with one attached hydrogen (secondary N) is 1. The molecular formula is C31H40N4O6Si. The van der Waals surface area contributed by atoms with Crippen molar-refractivity contribution in [1.82, 2.24) is 4.90 Å². The van der Waals surface area contributed by atoms with Gasteiger partial charge in [-0.05, 0) is 68.4 Å². The van der Waals surface area contributed by atoms with Gasteiger partial charge in [-0.3, -0.25) is 14.4 Å². The highest BCUT2D eigenvalue weighted by atomic mass is 28.4. The summed E-state index contributed by atoms with van der Waals surface area (Å²) in [5.74, 6) is -1.22. The molecule has 0 unspecified atom stereocenters. The van der Waals surface area contributed by atoms with Gasteiger partial charge in [-0.25, -0.2) is 0 Å². The molecule has 2 aromatic rings. The van der Waals surface area contributed by atoms with E-state index < -0.39 is 31.5 Å². The van der Waals surface area contributed by atoms with Crippen LogP contribution in [0.4, 0.5) is 17.1 Å². The Hall–Kier alpha value is -3.51. The SMILES string of the molecule is C=CCN1C(=O)[C@@]2(O[C@@H](CC(=O)N3CCC[C@H]3CO)[C@H]([Si](C)(C)O)[C@H]2C)c2cc(NC(=O)c3ccc(N)cc3)ccc21. The van der Waals surface area contributed by atoms with Crippen molar-refractivity contribution in [3.63, 3.8) is 0 Å². The Morgan fingerprint density at radius 3 is 2.60 bits per heavy atom. The minimum Gasteiger partial charge on any atom is -0.432 e. The molecule has 0 radical (unpaired) electrons. The number of benzene rings is 2. The van der Waals surface area contributed by atoms with E-state index in [2.05, 4.69) is 11.9 Å². The monoisotopic (exact) mass is 592 g/mol. The van der Waals surface area contributed by atoms with Crippen LogP contribution in [0, 0.1) is 5.92 Å². The minimum atomic E-state index is -2.97. The molecule has 11 heteroatoms. The van der Waals surface area contributed by atoms with Gasteiger partial charge in [0.25, 0.3) is 11.8 Å². The van der Waals surface area contributed by atoms with Gasteiger partial charge in [0.15, 0.2) is 13.9 Å². The molecule has 42 heavy (non-hydrogen) atoms. The predicted octanol–water partition coefficient (Wildman–Crippen LogP) is 3.22. The number of aliphatic hydroxyl groups is 1. The zero-order chi connectivity index (χ0) is 30.4. The second kappa shape index (κ2) is 11.3. The summed E-state index contributed by atoms with van der Waals surface area (Å²) >= 11 is 0. The van der Waals surface area contributed by atoms with Crippen molar-refractivity contribution in [3.8, 4) is 0 Å². The van der Waals surface area contributed by atoms with Gasteiger partial charge >= 0.3 is 0 Å². The zero-order valence-electron chi connectivity index (χ0n) is 24.4. The number of nitrogens with zero attached hydrogens (tertiary/aromatic N) is 2. The van der Waals surface area contributed by atoms with E-state index in [0.29, 0.717) is 34.7 Å². The molecular weight excluding hydrogens is 552 g/mol. The zero-order valence-corrected chi connectivity index (χ0v) is 25.4. The summed E-state index contributed by atoms with van der Waals surface area (Å²) in [5.41, 5.74) is 6.58. The van der Waals surface area contributed by atoms with Gasteiger partial charge in [0.1, 0.15) is 0 Å². The van der Waals surface area contributed by atoms with Crippen molar-refractivity contribution in [1.29, 1.82) is 0 Å². The van der Waals surface area contributed by atoms with Gasteiger partial charge < -0.3 is 35.5 Å². The van der Waals surface area contributed by atoms with E-state index in [-0.39, 0.29) is 43.3 Å². The third-order valence-corrected chi connectivity index (χ3v) is 11.5. The molecule has 224 valence electrons. The van der Waals surface area contributed by atoms with Crippen LogP contribution in [0.1, 0.15) is 42.1 Å². The summed E-state index contributed by atoms with van der Waals surface area (Å²) in [6.45, 7) is 10.1. The van der Waals surface area contributed by atoms with Crippen molar-refractivity contribution >= 4 is 43.1 Å². The van der Waals surface area contributed by atoms with Crippen LogP contribution >= 0.6 is 0 Å². The molecule has 5 N–H and O–H groups in total. The topological polar surface area (TPSA) is 145 Å². The lowest BCUT2D eigenvalue weighted by molar-refractivity contribution is -0.149. The number of anilines is 3. The van der Waals surface area contributed by atoms with Gasteiger partial charge in [-0.15, -0.1) is 6.58 Å². The maximum Gasteiger partial charge on any atom is 0.264 e. The molecule has 2 saturated heterocycles. The van der Waals surface area contributed by atoms with Crippen molar-refractivity contribution in [2.75, 3.05) is 35.6 Å². The highest BCUT2D eigenvalue weighted by molar-refractivity contribution is 6.71. The fourth-order valence-electron chi connectivity index (χ4n) is 7.15. The molecule has 5 rings (SSSR count). The molecule has 0 bridgehead atoms. The Morgan fingerprint density at radius 1 is 1.24 bits per heavy atom. The summed E-state index contributed by atoms with van der Waals surface area (Å²) in [6.07, 6.45) is 2.50. The van der Waals surface area contributed by atoms with Crippen molar-refractivity contribution in [2.45, 2.75) is 62.6 Å². The van der Waals surface area contributed by atoms with Crippen LogP contribution in [0.15, 0.2) is 55.1 Å². The fraction of sp³-hybridized carbons (Fsp3) is 0.452. The van der Waals surface area contributed by atoms with Gasteiger partial charge in [-0.2, -0.15) is 0 Å². The summed E-state index contributed by atoms with van der Waals surface area (Å²) in [4.78, 5) is 55.6. The molecule has 0 saturated carbocycles. The number of carbonyl (C=O) groups is 3. The van der Waals surface area contributed by atoms with E-state index >= 15 is 0 Å². The standard InChI is InChI=1S/C31H40N4O6Si/c1-5-14-35-25-13-12-22(33-29(38)20-8-10-21(32)11-9-20)16-24(25)31(30(35)39)19(2)28(42(3,4)40)26(41-31)17-27(37)34-15-6-7-23(34)18-36/h5,8-13,16,19,23,26,28,36,40H,1,6-7,14-15,17-18,32H2,2-4H3,(H,33,38)/t19-,23+,26+,28-,31+/m1/s1. The second-order valence-electron chi connectivity index (χ2n) is 12.1. The number of rotatable bonds is 8. The Kier molecular flexibility index (Phi) is 8.05. The first-order chi connectivity index (χ1) is 19.9. The maximum absolute atomic E-state index is 14.3. The first-order valence-corrected chi connectivity index (χ1v) is 17.5. The van der Waals surface area contributed by atoms with E-state index in [4.69, 9.17) is 10.5 Å². The van der Waals surface area contributed by atoms with E-state index in [9.17, 15) is 24.3 Å². The molecule has 5 atom stereocenters. The van der Waals surface area contributed by atoms with E-state index in [1.807, 2.05) is 20.0 Å². The summed E-state index contributed by atoms with van der Waals surface area (Å²) < 4.78 is 6.75. The van der Waals surface area contributed by atoms with Gasteiger partial charge in [0, 0.05) is 47.1 Å². The van der Waals surface area contributed by atoms with Crippen LogP contribution in [-0.2, 0) is 19.9 Å². The third-order valence-electron chi connectivity index (χ3n) is 9.01. The Morgan fingerprint density at radius 2 is 1.95 bits per heavy atom. The number of carbonyl (C=O) groups excluding carboxylic acids is 3. The molecule has 3 heterocycles. The van der Waals surface area contributed by atoms with Crippen molar-refractivity contribution < 1.29 is 29.0 Å². The van der Waals surface area contributed by atoms with Crippen molar-refractivity contribution in [3.05, 3.63) is 66.2 Å². The van der Waals surface area contributed by atoms with Crippen LogP contribution in [0.2, 0.25) is 18.6 Å². The third kappa shape index (κ3) is 5.04. The first-order valence-electron chi connectivity index (χ1n) is 14.5. The fourth-order valence-corrected chi connectivity index (χ4v) is 9.70. The van der Waals surface area contributed by atoms with Gasteiger partial charge in [-0.1, -0.05) is 13.0 Å². The van der Waals surface area contributed by atoms with Crippen LogP contribution in [-0.4, -0.2) is 72.7 Å². The van der Waals surface area contributed by atoms with Gasteiger partial charge in [0.05, 0.1) is 30.9 Å². The number of nitrogens with two attached hydrogens (primary N) is 1. The number of fused-ring (bicyclic) bond motifs is 2. The second-order valence-corrected chi connectivity index (χ2v) is 16.1. The molecule has 2 fully saturated rings. The number of nitrogen functional groups attached to an aromatic ring is 1. The lowest BCUT2D eigenvalue weighted by Crippen LogP contribution is -2.46. The largest absolute Gasteiger partial charge is 0.432 e. The number of amides is 3. The quantitative estimate of drug-likeness (QED) is 0.209. The number of hydrogen-bond donors (Lipinski definition) is 4. The lowest BCUT2D eigenvalue weighted by Gasteiger charge is -2.32. The Bertz CT molecular complexity index is 1390. The number of hydrogen-bond acceptors (Lipinski definition) is 7. The van der Waals surface area contributed by atoms with Crippen LogP contribution in [0.25, 0.3) is 0 Å². The first kappa shape index (κ1) is 30.0. The molecule has 3 aliphatic rings. The summed E-state index contributed by atoms with van der Waals surface area (Å²) in [7, 11) is -2.97. The molecule has 3 amide bonds. The molecule has 0 aromatic heterocycles. The molecule has 3 aliphatic heterocycles.